The number of piperidine rings is 1. The summed E-state index contributed by atoms with van der Waals surface area (Å²) in [5.74, 6) is 1.44. The monoisotopic (exact) mass is 323 g/mol. The summed E-state index contributed by atoms with van der Waals surface area (Å²) in [6, 6.07) is 14.8. The van der Waals surface area contributed by atoms with Crippen LogP contribution in [-0.4, -0.2) is 39.3 Å². The van der Waals surface area contributed by atoms with Crippen LogP contribution in [0.3, 0.4) is 0 Å². The second-order valence-electron chi connectivity index (χ2n) is 6.54. The molecule has 1 N–H and O–H groups in total. The number of aryl methyl sites for hydroxylation is 1. The summed E-state index contributed by atoms with van der Waals surface area (Å²) in [7, 11) is 0. The first-order chi connectivity index (χ1) is 11.7. The number of rotatable bonds is 3. The highest BCUT2D eigenvalue weighted by Gasteiger charge is 2.29. The largest absolute Gasteiger partial charge is 0.391 e. The number of aromatic nitrogens is 2. The molecular weight excluding hydrogens is 302 g/mol. The van der Waals surface area contributed by atoms with E-state index in [2.05, 4.69) is 57.5 Å². The van der Waals surface area contributed by atoms with E-state index >= 15 is 0 Å². The van der Waals surface area contributed by atoms with E-state index in [-0.39, 0.29) is 12.0 Å². The van der Waals surface area contributed by atoms with E-state index in [1.54, 1.807) is 0 Å². The second-order valence-corrected chi connectivity index (χ2v) is 6.54. The summed E-state index contributed by atoms with van der Waals surface area (Å²) in [5.41, 5.74) is 1.22. The van der Waals surface area contributed by atoms with Gasteiger partial charge in [0.25, 0.3) is 0 Å². The van der Waals surface area contributed by atoms with Crippen LogP contribution in [0.2, 0.25) is 0 Å². The molecule has 0 radical (unpaired) electrons. The zero-order valence-corrected chi connectivity index (χ0v) is 13.7. The number of β-amino-alcohol motifs (C(OH)–C–C–N with tert-alkyl or cyclic N) is 1. The highest BCUT2D eigenvalue weighted by molar-refractivity contribution is 5.83. The van der Waals surface area contributed by atoms with Crippen LogP contribution in [0.15, 0.2) is 47.0 Å². The predicted molar refractivity (Wildman–Crippen MR) is 91.6 cm³/mol. The first-order valence-electron chi connectivity index (χ1n) is 8.37. The molecule has 1 aliphatic rings. The number of benzene rings is 2. The molecule has 1 aliphatic heterocycles. The quantitative estimate of drug-likeness (QED) is 0.803. The zero-order chi connectivity index (χ0) is 16.5. The fourth-order valence-electron chi connectivity index (χ4n) is 3.56. The summed E-state index contributed by atoms with van der Waals surface area (Å²) < 4.78 is 5.18. The average Bonchev–Trinajstić information content (AvgIpc) is 2.99. The van der Waals surface area contributed by atoms with Gasteiger partial charge in [0.15, 0.2) is 5.82 Å². The van der Waals surface area contributed by atoms with Gasteiger partial charge in [-0.25, -0.2) is 0 Å². The highest BCUT2D eigenvalue weighted by atomic mass is 16.5. The Kier molecular flexibility index (Phi) is 4.04. The fraction of sp³-hybridized carbons (Fsp3) is 0.368. The fourth-order valence-corrected chi connectivity index (χ4v) is 3.56. The van der Waals surface area contributed by atoms with Crippen molar-refractivity contribution in [3.05, 3.63) is 59.7 Å². The van der Waals surface area contributed by atoms with E-state index in [1.165, 1.54) is 16.3 Å². The maximum Gasteiger partial charge on any atom is 0.240 e. The lowest BCUT2D eigenvalue weighted by Gasteiger charge is -2.35. The predicted octanol–water partition coefficient (Wildman–Crippen LogP) is 2.88. The molecule has 2 aromatic carbocycles. The third kappa shape index (κ3) is 3.05. The van der Waals surface area contributed by atoms with E-state index in [0.717, 1.165) is 13.0 Å². The van der Waals surface area contributed by atoms with Crippen molar-refractivity contribution in [3.8, 4) is 0 Å². The van der Waals surface area contributed by atoms with Crippen LogP contribution >= 0.6 is 0 Å². The minimum atomic E-state index is -0.385. The van der Waals surface area contributed by atoms with Crippen molar-refractivity contribution in [1.29, 1.82) is 0 Å². The van der Waals surface area contributed by atoms with Gasteiger partial charge < -0.3 is 9.63 Å². The van der Waals surface area contributed by atoms with Gasteiger partial charge in [-0.1, -0.05) is 47.6 Å². The molecule has 3 aromatic rings. The third-order valence-electron chi connectivity index (χ3n) is 4.80. The van der Waals surface area contributed by atoms with Crippen molar-refractivity contribution >= 4 is 10.8 Å². The number of aliphatic hydroxyl groups is 1. The van der Waals surface area contributed by atoms with Crippen molar-refractivity contribution < 1.29 is 9.63 Å². The Morgan fingerprint density at radius 1 is 1.21 bits per heavy atom. The Balaban J connectivity index is 1.47. The maximum absolute atomic E-state index is 10.6. The summed E-state index contributed by atoms with van der Waals surface area (Å²) in [6.45, 7) is 3.95. The van der Waals surface area contributed by atoms with Gasteiger partial charge >= 0.3 is 0 Å². The number of nitrogens with zero attached hydrogens (tertiary/aromatic N) is 3. The van der Waals surface area contributed by atoms with Crippen LogP contribution in [0, 0.1) is 6.92 Å². The van der Waals surface area contributed by atoms with E-state index in [1.807, 2.05) is 6.92 Å². The minimum absolute atomic E-state index is 0.176. The number of fused-ring (bicyclic) bond motifs is 1. The van der Waals surface area contributed by atoms with Gasteiger partial charge in [-0.3, -0.25) is 4.90 Å². The lowest BCUT2D eigenvalue weighted by Crippen LogP contribution is -2.42. The molecule has 124 valence electrons. The van der Waals surface area contributed by atoms with Crippen molar-refractivity contribution in [2.45, 2.75) is 31.9 Å². The summed E-state index contributed by atoms with van der Waals surface area (Å²) >= 11 is 0. The van der Waals surface area contributed by atoms with Gasteiger partial charge in [-0.05, 0) is 36.2 Å². The maximum atomic E-state index is 10.6. The first-order valence-corrected chi connectivity index (χ1v) is 8.37. The van der Waals surface area contributed by atoms with Gasteiger partial charge in [0.2, 0.25) is 5.89 Å². The molecule has 1 aromatic heterocycles. The molecule has 0 saturated carbocycles. The molecule has 0 amide bonds. The van der Waals surface area contributed by atoms with Crippen molar-refractivity contribution in [2.75, 3.05) is 13.1 Å². The van der Waals surface area contributed by atoms with Gasteiger partial charge in [0.05, 0.1) is 12.6 Å². The van der Waals surface area contributed by atoms with Gasteiger partial charge in [0, 0.05) is 12.5 Å². The van der Waals surface area contributed by atoms with E-state index in [9.17, 15) is 5.11 Å². The molecule has 2 unspecified atom stereocenters. The van der Waals surface area contributed by atoms with Crippen LogP contribution < -0.4 is 0 Å². The highest BCUT2D eigenvalue weighted by Crippen LogP contribution is 2.31. The van der Waals surface area contributed by atoms with Crippen LogP contribution in [0.1, 0.15) is 29.6 Å². The molecule has 2 atom stereocenters. The van der Waals surface area contributed by atoms with Crippen LogP contribution in [-0.2, 0) is 6.54 Å². The topological polar surface area (TPSA) is 62.4 Å². The van der Waals surface area contributed by atoms with E-state index in [0.29, 0.717) is 24.8 Å². The molecule has 1 saturated heterocycles. The zero-order valence-electron chi connectivity index (χ0n) is 13.7. The lowest BCUT2D eigenvalue weighted by atomic mass is 9.86. The third-order valence-corrected chi connectivity index (χ3v) is 4.80. The Bertz CT molecular complexity index is 845. The number of likely N-dealkylation sites (tertiary alicyclic amines) is 1. The smallest absolute Gasteiger partial charge is 0.240 e. The molecule has 0 spiro atoms. The summed E-state index contributed by atoms with van der Waals surface area (Å²) in [6.07, 6.45) is 0.538. The molecule has 5 heteroatoms. The van der Waals surface area contributed by atoms with Gasteiger partial charge in [-0.2, -0.15) is 4.98 Å². The molecule has 24 heavy (non-hydrogen) atoms. The lowest BCUT2D eigenvalue weighted by molar-refractivity contribution is 0.0430. The first kappa shape index (κ1) is 15.3. The summed E-state index contributed by atoms with van der Waals surface area (Å²) in [4.78, 5) is 6.42. The molecular formula is C19H21N3O2. The number of hydrogen-bond acceptors (Lipinski definition) is 5. The molecule has 5 nitrogen and oxygen atoms in total. The van der Waals surface area contributed by atoms with E-state index < -0.39 is 0 Å². The number of aliphatic hydroxyl groups excluding tert-OH is 1. The molecule has 4 rings (SSSR count). The summed E-state index contributed by atoms with van der Waals surface area (Å²) in [5, 5.41) is 16.9. The van der Waals surface area contributed by atoms with Gasteiger partial charge in [-0.15, -0.1) is 0 Å². The molecule has 2 heterocycles. The Hall–Kier alpha value is -2.24. The average molecular weight is 323 g/mol. The molecule has 1 fully saturated rings. The Labute approximate surface area is 140 Å². The standard InChI is InChI=1S/C19H21N3O2/c1-13-20-19(24-21-13)12-22-9-8-17(18(23)11-22)16-7-6-14-4-2-3-5-15(14)10-16/h2-7,10,17-18,23H,8-9,11-12H2,1H3. The number of hydrogen-bond donors (Lipinski definition) is 1. The Morgan fingerprint density at radius 2 is 2.04 bits per heavy atom. The van der Waals surface area contributed by atoms with Crippen LogP contribution in [0.5, 0.6) is 0 Å². The Morgan fingerprint density at radius 3 is 2.79 bits per heavy atom. The van der Waals surface area contributed by atoms with Crippen molar-refractivity contribution in [2.24, 2.45) is 0 Å². The van der Waals surface area contributed by atoms with Crippen LogP contribution in [0.25, 0.3) is 10.8 Å². The van der Waals surface area contributed by atoms with Gasteiger partial charge in [0.1, 0.15) is 0 Å². The van der Waals surface area contributed by atoms with E-state index in [4.69, 9.17) is 4.52 Å². The second kappa shape index (κ2) is 6.34. The normalized spacial score (nSPS) is 22.1. The minimum Gasteiger partial charge on any atom is -0.391 e. The SMILES string of the molecule is Cc1noc(CN2CCC(c3ccc4ccccc4c3)C(O)C2)n1. The van der Waals surface area contributed by atoms with Crippen molar-refractivity contribution in [1.82, 2.24) is 15.0 Å². The van der Waals surface area contributed by atoms with Crippen molar-refractivity contribution in [3.63, 3.8) is 0 Å². The molecule has 0 aliphatic carbocycles. The molecule has 0 bridgehead atoms. The van der Waals surface area contributed by atoms with Crippen LogP contribution in [0.4, 0.5) is 0 Å².